The molecule has 136 valence electrons. The monoisotopic (exact) mass is 362 g/mol. The minimum Gasteiger partial charge on any atom is -0.456 e. The van der Waals surface area contributed by atoms with Crippen molar-refractivity contribution in [3.8, 4) is 0 Å². The fourth-order valence-electron chi connectivity index (χ4n) is 3.40. The van der Waals surface area contributed by atoms with Gasteiger partial charge in [0.1, 0.15) is 5.76 Å². The first-order valence-electron chi connectivity index (χ1n) is 8.78. The molecule has 27 heavy (non-hydrogen) atoms. The van der Waals surface area contributed by atoms with Gasteiger partial charge in [0, 0.05) is 36.6 Å². The van der Waals surface area contributed by atoms with E-state index in [1.54, 1.807) is 31.2 Å². The van der Waals surface area contributed by atoms with Crippen molar-refractivity contribution >= 4 is 17.5 Å². The van der Waals surface area contributed by atoms with Crippen LogP contribution in [0.4, 0.5) is 0 Å². The van der Waals surface area contributed by atoms with Crippen LogP contribution < -0.4 is 5.32 Å². The third-order valence-corrected chi connectivity index (χ3v) is 4.71. The van der Waals surface area contributed by atoms with E-state index in [-0.39, 0.29) is 34.2 Å². The summed E-state index contributed by atoms with van der Waals surface area (Å²) >= 11 is 0. The summed E-state index contributed by atoms with van der Waals surface area (Å²) in [5, 5.41) is 2.82. The van der Waals surface area contributed by atoms with Crippen molar-refractivity contribution in [2.75, 3.05) is 6.54 Å². The highest BCUT2D eigenvalue weighted by Crippen LogP contribution is 2.33. The zero-order chi connectivity index (χ0) is 19.0. The Balaban J connectivity index is 1.56. The van der Waals surface area contributed by atoms with E-state index >= 15 is 0 Å². The Kier molecular flexibility index (Phi) is 4.24. The molecule has 6 nitrogen and oxygen atoms in total. The number of rotatable bonds is 5. The lowest BCUT2D eigenvalue weighted by molar-refractivity contribution is 0.0937. The smallest absolute Gasteiger partial charge is 0.255 e. The minimum absolute atomic E-state index is 0.0475. The van der Waals surface area contributed by atoms with Gasteiger partial charge >= 0.3 is 0 Å². The zero-order valence-electron chi connectivity index (χ0n) is 14.8. The van der Waals surface area contributed by atoms with Crippen LogP contribution >= 0.6 is 0 Å². The van der Waals surface area contributed by atoms with Gasteiger partial charge in [-0.05, 0) is 25.5 Å². The molecule has 0 saturated heterocycles. The van der Waals surface area contributed by atoms with Gasteiger partial charge < -0.3 is 14.3 Å². The Hall–Kier alpha value is -3.41. The fourth-order valence-corrected chi connectivity index (χ4v) is 3.40. The molecular formula is C21H18N2O4. The summed E-state index contributed by atoms with van der Waals surface area (Å²) in [6.07, 6.45) is 4.66. The van der Waals surface area contributed by atoms with Crippen LogP contribution in [0.25, 0.3) is 0 Å². The van der Waals surface area contributed by atoms with Crippen LogP contribution in [0.3, 0.4) is 0 Å². The van der Waals surface area contributed by atoms with Crippen molar-refractivity contribution in [3.63, 3.8) is 0 Å². The molecule has 0 saturated carbocycles. The number of furan rings is 1. The van der Waals surface area contributed by atoms with Crippen molar-refractivity contribution in [2.24, 2.45) is 0 Å². The second-order valence-corrected chi connectivity index (χ2v) is 6.47. The van der Waals surface area contributed by atoms with Crippen molar-refractivity contribution in [2.45, 2.75) is 19.9 Å². The maximum absolute atomic E-state index is 12.9. The molecule has 0 fully saturated rings. The molecule has 1 aromatic carbocycles. The Morgan fingerprint density at radius 3 is 2.41 bits per heavy atom. The Labute approximate surface area is 155 Å². The molecule has 0 unspecified atom stereocenters. The number of carbonyl (C=O) groups excluding carboxylic acids is 3. The van der Waals surface area contributed by atoms with E-state index in [4.69, 9.17) is 4.42 Å². The van der Waals surface area contributed by atoms with E-state index in [0.29, 0.717) is 17.7 Å². The first-order valence-corrected chi connectivity index (χ1v) is 8.78. The van der Waals surface area contributed by atoms with E-state index < -0.39 is 5.91 Å². The summed E-state index contributed by atoms with van der Waals surface area (Å²) in [5.74, 6) is -0.888. The molecule has 1 aliphatic rings. The highest BCUT2D eigenvalue weighted by atomic mass is 16.4. The van der Waals surface area contributed by atoms with Gasteiger partial charge in [-0.1, -0.05) is 24.3 Å². The van der Waals surface area contributed by atoms with Gasteiger partial charge in [-0.2, -0.15) is 0 Å². The van der Waals surface area contributed by atoms with Crippen molar-refractivity contribution in [3.05, 3.63) is 82.6 Å². The molecule has 0 spiro atoms. The van der Waals surface area contributed by atoms with Crippen LogP contribution in [0.5, 0.6) is 0 Å². The summed E-state index contributed by atoms with van der Waals surface area (Å²) in [7, 11) is 0. The molecule has 4 rings (SSSR count). The minimum atomic E-state index is -0.398. The fraction of sp³-hybridized carbons (Fsp3) is 0.190. The topological polar surface area (TPSA) is 81.3 Å². The van der Waals surface area contributed by atoms with E-state index in [1.165, 1.54) is 0 Å². The molecule has 0 atom stereocenters. The van der Waals surface area contributed by atoms with Gasteiger partial charge in [0.25, 0.3) is 5.91 Å². The number of hydrogen-bond acceptors (Lipinski definition) is 4. The zero-order valence-corrected chi connectivity index (χ0v) is 14.8. The average molecular weight is 362 g/mol. The molecule has 0 bridgehead atoms. The van der Waals surface area contributed by atoms with Gasteiger partial charge in [-0.3, -0.25) is 14.4 Å². The second kappa shape index (κ2) is 6.72. The van der Waals surface area contributed by atoms with Crippen molar-refractivity contribution in [1.82, 2.24) is 9.88 Å². The predicted octanol–water partition coefficient (Wildman–Crippen LogP) is 2.99. The maximum Gasteiger partial charge on any atom is 0.255 e. The van der Waals surface area contributed by atoms with Crippen LogP contribution in [0.1, 0.15) is 54.6 Å². The molecule has 1 amide bonds. The van der Waals surface area contributed by atoms with Gasteiger partial charge in [-0.25, -0.2) is 0 Å². The maximum atomic E-state index is 12.9. The second-order valence-electron chi connectivity index (χ2n) is 6.47. The standard InChI is InChI=1S/C21H18N2O4/c1-13-16(21(26)22-9-6-12-23-10-4-5-11-23)17-18(24)14-7-2-3-8-15(14)19(25)20(17)27-13/h2-5,7-8,10-11H,6,9,12H2,1H3,(H,22,26). The third-order valence-electron chi connectivity index (χ3n) is 4.71. The molecule has 6 heteroatoms. The van der Waals surface area contributed by atoms with Crippen LogP contribution in [0, 0.1) is 6.92 Å². The Morgan fingerprint density at radius 2 is 1.70 bits per heavy atom. The van der Waals surface area contributed by atoms with Gasteiger partial charge in [0.05, 0.1) is 11.1 Å². The SMILES string of the molecule is Cc1oc2c(c1C(=O)NCCCn1cccc1)C(=O)c1ccccc1C2=O. The van der Waals surface area contributed by atoms with Gasteiger partial charge in [0.15, 0.2) is 11.5 Å². The van der Waals surface area contributed by atoms with Crippen LogP contribution in [-0.4, -0.2) is 28.6 Å². The number of aromatic nitrogens is 1. The van der Waals surface area contributed by atoms with Crippen LogP contribution in [0.2, 0.25) is 0 Å². The van der Waals surface area contributed by atoms with Crippen LogP contribution in [-0.2, 0) is 6.54 Å². The lowest BCUT2D eigenvalue weighted by Gasteiger charge is -2.13. The predicted molar refractivity (Wildman–Crippen MR) is 98.1 cm³/mol. The number of carbonyl (C=O) groups is 3. The van der Waals surface area contributed by atoms with E-state index in [1.807, 2.05) is 29.1 Å². The number of hydrogen-bond donors (Lipinski definition) is 1. The quantitative estimate of drug-likeness (QED) is 0.554. The van der Waals surface area contributed by atoms with Crippen molar-refractivity contribution in [1.29, 1.82) is 0 Å². The van der Waals surface area contributed by atoms with E-state index in [0.717, 1.165) is 13.0 Å². The summed E-state index contributed by atoms with van der Waals surface area (Å²) < 4.78 is 7.55. The molecule has 2 heterocycles. The highest BCUT2D eigenvalue weighted by molar-refractivity contribution is 6.30. The number of fused-ring (bicyclic) bond motifs is 2. The molecule has 2 aromatic heterocycles. The average Bonchev–Trinajstić information content (AvgIpc) is 3.31. The number of ketones is 2. The number of amides is 1. The summed E-state index contributed by atoms with van der Waals surface area (Å²) in [6, 6.07) is 10.5. The number of nitrogens with zero attached hydrogens (tertiary/aromatic N) is 1. The van der Waals surface area contributed by atoms with Gasteiger partial charge in [-0.15, -0.1) is 0 Å². The number of aryl methyl sites for hydroxylation is 2. The molecular weight excluding hydrogens is 344 g/mol. The molecule has 3 aromatic rings. The highest BCUT2D eigenvalue weighted by Gasteiger charge is 2.38. The van der Waals surface area contributed by atoms with Crippen molar-refractivity contribution < 1.29 is 18.8 Å². The molecule has 0 radical (unpaired) electrons. The molecule has 0 aliphatic heterocycles. The first kappa shape index (κ1) is 17.0. The van der Waals surface area contributed by atoms with E-state index in [9.17, 15) is 14.4 Å². The Morgan fingerprint density at radius 1 is 1.04 bits per heavy atom. The van der Waals surface area contributed by atoms with E-state index in [2.05, 4.69) is 5.32 Å². The summed E-state index contributed by atoms with van der Waals surface area (Å²) in [4.78, 5) is 38.2. The molecule has 1 aliphatic carbocycles. The normalized spacial score (nSPS) is 12.6. The number of nitrogens with one attached hydrogen (secondary N) is 1. The lowest BCUT2D eigenvalue weighted by Crippen LogP contribution is -2.28. The largest absolute Gasteiger partial charge is 0.456 e. The number of benzene rings is 1. The third kappa shape index (κ3) is 2.89. The Bertz CT molecular complexity index is 1040. The molecule has 1 N–H and O–H groups in total. The summed E-state index contributed by atoms with van der Waals surface area (Å²) in [6.45, 7) is 2.83. The van der Waals surface area contributed by atoms with Crippen LogP contribution in [0.15, 0.2) is 53.2 Å². The first-order chi connectivity index (χ1) is 13.1. The lowest BCUT2D eigenvalue weighted by atomic mass is 9.86. The summed E-state index contributed by atoms with van der Waals surface area (Å²) in [5.41, 5.74) is 0.831. The van der Waals surface area contributed by atoms with Gasteiger partial charge in [0.2, 0.25) is 5.78 Å².